The van der Waals surface area contributed by atoms with Gasteiger partial charge in [-0.15, -0.1) is 0 Å². The Labute approximate surface area is 103 Å². The van der Waals surface area contributed by atoms with Crippen LogP contribution in [-0.2, 0) is 5.54 Å². The molecule has 0 amide bonds. The van der Waals surface area contributed by atoms with Crippen molar-refractivity contribution in [2.24, 2.45) is 5.73 Å². The Hall–Kier alpha value is -0.740. The summed E-state index contributed by atoms with van der Waals surface area (Å²) in [4.78, 5) is 0. The summed E-state index contributed by atoms with van der Waals surface area (Å²) in [6.45, 7) is 0.293. The van der Waals surface area contributed by atoms with Gasteiger partial charge >= 0.3 is 0 Å². The number of halogens is 1. The largest absolute Gasteiger partial charge is 0.453 e. The lowest BCUT2D eigenvalue weighted by Crippen LogP contribution is -2.33. The summed E-state index contributed by atoms with van der Waals surface area (Å²) in [5.41, 5.74) is 7.33. The van der Waals surface area contributed by atoms with E-state index in [2.05, 4.69) is 22.0 Å². The van der Waals surface area contributed by atoms with Crippen LogP contribution in [0.25, 0.3) is 0 Å². The van der Waals surface area contributed by atoms with Crippen LogP contribution in [0.15, 0.2) is 16.6 Å². The minimum absolute atomic E-state index is 0.224. The second-order valence-corrected chi connectivity index (χ2v) is 5.38. The molecule has 16 heavy (non-hydrogen) atoms. The van der Waals surface area contributed by atoms with Gasteiger partial charge in [-0.2, -0.15) is 0 Å². The fourth-order valence-corrected chi connectivity index (χ4v) is 3.06. The molecule has 1 saturated carbocycles. The molecular formula is C12H14BrNO2. The third-order valence-corrected chi connectivity index (χ3v) is 4.13. The van der Waals surface area contributed by atoms with E-state index in [-0.39, 0.29) is 5.54 Å². The van der Waals surface area contributed by atoms with Crippen LogP contribution in [0.3, 0.4) is 0 Å². The van der Waals surface area contributed by atoms with Crippen molar-refractivity contribution in [3.63, 3.8) is 0 Å². The number of benzene rings is 1. The molecule has 0 radical (unpaired) electrons. The lowest BCUT2D eigenvalue weighted by molar-refractivity contribution is 0.171. The first-order valence-electron chi connectivity index (χ1n) is 5.58. The zero-order chi connectivity index (χ0) is 11.2. The van der Waals surface area contributed by atoms with E-state index in [1.54, 1.807) is 0 Å². The first-order valence-corrected chi connectivity index (χ1v) is 6.37. The van der Waals surface area contributed by atoms with E-state index in [1.807, 2.05) is 6.07 Å². The first kappa shape index (κ1) is 10.4. The predicted molar refractivity (Wildman–Crippen MR) is 64.6 cm³/mol. The molecule has 2 aliphatic rings. The van der Waals surface area contributed by atoms with E-state index >= 15 is 0 Å². The van der Waals surface area contributed by atoms with Crippen LogP contribution in [0.2, 0.25) is 0 Å². The van der Waals surface area contributed by atoms with Gasteiger partial charge in [-0.05, 0) is 34.8 Å². The maximum absolute atomic E-state index is 6.45. The van der Waals surface area contributed by atoms with Gasteiger partial charge in [0.2, 0.25) is 6.79 Å². The second kappa shape index (κ2) is 3.64. The van der Waals surface area contributed by atoms with Crippen LogP contribution in [0.5, 0.6) is 11.5 Å². The van der Waals surface area contributed by atoms with Gasteiger partial charge in [-0.3, -0.25) is 0 Å². The van der Waals surface area contributed by atoms with Crippen LogP contribution in [-0.4, -0.2) is 6.79 Å². The third-order valence-electron chi connectivity index (χ3n) is 3.50. The number of rotatable bonds is 1. The number of fused-ring (bicyclic) bond motifs is 1. The van der Waals surface area contributed by atoms with Crippen LogP contribution in [0, 0.1) is 0 Å². The van der Waals surface area contributed by atoms with Gasteiger partial charge in [0, 0.05) is 11.1 Å². The summed E-state index contributed by atoms with van der Waals surface area (Å²) < 4.78 is 11.9. The molecule has 0 unspecified atom stereocenters. The molecule has 0 bridgehead atoms. The van der Waals surface area contributed by atoms with Crippen LogP contribution in [0.1, 0.15) is 31.2 Å². The average Bonchev–Trinajstić information content (AvgIpc) is 2.88. The van der Waals surface area contributed by atoms with Crippen LogP contribution in [0.4, 0.5) is 0 Å². The van der Waals surface area contributed by atoms with Crippen molar-refractivity contribution in [2.45, 2.75) is 31.2 Å². The molecule has 0 aromatic heterocycles. The summed E-state index contributed by atoms with van der Waals surface area (Å²) in [6, 6.07) is 4.05. The molecule has 0 atom stereocenters. The first-order chi connectivity index (χ1) is 7.71. The highest BCUT2D eigenvalue weighted by molar-refractivity contribution is 9.10. The topological polar surface area (TPSA) is 44.5 Å². The summed E-state index contributed by atoms with van der Waals surface area (Å²) in [5, 5.41) is 0. The highest BCUT2D eigenvalue weighted by atomic mass is 79.9. The molecule has 1 aromatic carbocycles. The number of hydrogen-bond donors (Lipinski definition) is 1. The Kier molecular flexibility index (Phi) is 2.37. The van der Waals surface area contributed by atoms with Gasteiger partial charge in [0.1, 0.15) is 0 Å². The fraction of sp³-hybridized carbons (Fsp3) is 0.500. The lowest BCUT2D eigenvalue weighted by atomic mass is 9.88. The monoisotopic (exact) mass is 283 g/mol. The normalized spacial score (nSPS) is 21.4. The van der Waals surface area contributed by atoms with E-state index in [0.717, 1.165) is 34.4 Å². The summed E-state index contributed by atoms with van der Waals surface area (Å²) in [7, 11) is 0. The Morgan fingerprint density at radius 1 is 1.12 bits per heavy atom. The summed E-state index contributed by atoms with van der Waals surface area (Å²) >= 11 is 3.46. The number of nitrogens with two attached hydrogens (primary N) is 1. The van der Waals surface area contributed by atoms with Crippen molar-refractivity contribution < 1.29 is 9.47 Å². The van der Waals surface area contributed by atoms with Gasteiger partial charge < -0.3 is 15.2 Å². The quantitative estimate of drug-likeness (QED) is 0.862. The molecule has 1 fully saturated rings. The second-order valence-electron chi connectivity index (χ2n) is 4.52. The molecule has 3 rings (SSSR count). The van der Waals surface area contributed by atoms with Crippen molar-refractivity contribution in [3.8, 4) is 11.5 Å². The summed E-state index contributed by atoms with van der Waals surface area (Å²) in [5.74, 6) is 1.63. The average molecular weight is 284 g/mol. The van der Waals surface area contributed by atoms with Gasteiger partial charge in [0.15, 0.2) is 11.5 Å². The SMILES string of the molecule is NC1(c2ccc(Br)c3c2OCO3)CCCC1. The minimum Gasteiger partial charge on any atom is -0.453 e. The predicted octanol–water partition coefficient (Wildman–Crippen LogP) is 2.91. The molecule has 0 spiro atoms. The van der Waals surface area contributed by atoms with Gasteiger partial charge in [0.05, 0.1) is 4.47 Å². The molecule has 3 nitrogen and oxygen atoms in total. The molecule has 1 aliphatic carbocycles. The number of hydrogen-bond acceptors (Lipinski definition) is 3. The van der Waals surface area contributed by atoms with Crippen molar-refractivity contribution in [2.75, 3.05) is 6.79 Å². The maximum Gasteiger partial charge on any atom is 0.231 e. The van der Waals surface area contributed by atoms with E-state index in [4.69, 9.17) is 15.2 Å². The Balaban J connectivity index is 2.11. The maximum atomic E-state index is 6.45. The highest BCUT2D eigenvalue weighted by Crippen LogP contribution is 2.48. The third kappa shape index (κ3) is 1.44. The van der Waals surface area contributed by atoms with Crippen molar-refractivity contribution in [3.05, 3.63) is 22.2 Å². The van der Waals surface area contributed by atoms with Gasteiger partial charge in [-0.1, -0.05) is 18.9 Å². The molecule has 1 aromatic rings. The molecule has 2 N–H and O–H groups in total. The zero-order valence-corrected chi connectivity index (χ0v) is 10.5. The number of ether oxygens (including phenoxy) is 2. The molecule has 86 valence electrons. The Morgan fingerprint density at radius 2 is 1.81 bits per heavy atom. The standard InChI is InChI=1S/C12H14BrNO2/c13-9-4-3-8(10-11(9)16-7-15-10)12(14)5-1-2-6-12/h3-4H,1-2,5-7,14H2. The van der Waals surface area contributed by atoms with Crippen molar-refractivity contribution >= 4 is 15.9 Å². The lowest BCUT2D eigenvalue weighted by Gasteiger charge is -2.25. The van der Waals surface area contributed by atoms with Crippen molar-refractivity contribution in [1.29, 1.82) is 0 Å². The fourth-order valence-electron chi connectivity index (χ4n) is 2.63. The molecule has 1 aliphatic heterocycles. The molecule has 4 heteroatoms. The Morgan fingerprint density at radius 3 is 2.56 bits per heavy atom. The van der Waals surface area contributed by atoms with Crippen molar-refractivity contribution in [1.82, 2.24) is 0 Å². The molecule has 0 saturated heterocycles. The summed E-state index contributed by atoms with van der Waals surface area (Å²) in [6.07, 6.45) is 4.46. The van der Waals surface area contributed by atoms with Gasteiger partial charge in [0.25, 0.3) is 0 Å². The van der Waals surface area contributed by atoms with E-state index in [9.17, 15) is 0 Å². The van der Waals surface area contributed by atoms with E-state index < -0.39 is 0 Å². The van der Waals surface area contributed by atoms with Crippen LogP contribution < -0.4 is 15.2 Å². The molecular weight excluding hydrogens is 270 g/mol. The zero-order valence-electron chi connectivity index (χ0n) is 8.96. The van der Waals surface area contributed by atoms with E-state index in [0.29, 0.717) is 6.79 Å². The Bertz CT molecular complexity index is 427. The smallest absolute Gasteiger partial charge is 0.231 e. The van der Waals surface area contributed by atoms with E-state index in [1.165, 1.54) is 12.8 Å². The minimum atomic E-state index is -0.224. The molecule has 1 heterocycles. The van der Waals surface area contributed by atoms with Gasteiger partial charge in [-0.25, -0.2) is 0 Å². The van der Waals surface area contributed by atoms with Crippen LogP contribution >= 0.6 is 15.9 Å². The highest BCUT2D eigenvalue weighted by Gasteiger charge is 2.36.